The summed E-state index contributed by atoms with van der Waals surface area (Å²) < 4.78 is 17.1. The number of Topliss-reactive ketones (excluding diaryl/α,β-unsaturated/α-hetero) is 2. The minimum absolute atomic E-state index is 0.0100. The van der Waals surface area contributed by atoms with E-state index < -0.39 is 46.8 Å². The number of rotatable bonds is 10. The number of hydrogen-bond acceptors (Lipinski definition) is 10. The number of benzene rings is 3. The summed E-state index contributed by atoms with van der Waals surface area (Å²) in [5.41, 5.74) is -1.15. The molecule has 4 N–H and O–H groups in total. The molecule has 0 aromatic heterocycles. The molecule has 1 heterocycles. The van der Waals surface area contributed by atoms with Crippen molar-refractivity contribution in [2.45, 2.75) is 42.3 Å². The van der Waals surface area contributed by atoms with Crippen molar-refractivity contribution in [3.05, 3.63) is 87.6 Å². The maximum Gasteiger partial charge on any atom is 0.231 e. The quantitative estimate of drug-likeness (QED) is 0.203. The van der Waals surface area contributed by atoms with Crippen LogP contribution in [0.4, 0.5) is 0 Å². The lowest BCUT2D eigenvalue weighted by Crippen LogP contribution is -2.53. The first kappa shape index (κ1) is 33.2. The second-order valence-corrected chi connectivity index (χ2v) is 12.5. The van der Waals surface area contributed by atoms with Crippen LogP contribution in [-0.4, -0.2) is 65.4 Å². The number of phenols is 1. The Morgan fingerprint density at radius 3 is 2.41 bits per heavy atom. The lowest BCUT2D eigenvalue weighted by Gasteiger charge is -2.38. The lowest BCUT2D eigenvalue weighted by atomic mass is 9.69. The lowest BCUT2D eigenvalue weighted by molar-refractivity contribution is -0.122. The van der Waals surface area contributed by atoms with Crippen molar-refractivity contribution in [1.82, 2.24) is 5.32 Å². The summed E-state index contributed by atoms with van der Waals surface area (Å²) >= 11 is 8.08. The molecular weight excluding hydrogens is 634 g/mol. The van der Waals surface area contributed by atoms with Crippen molar-refractivity contribution in [3.63, 3.8) is 0 Å². The average Bonchev–Trinajstić information content (AvgIpc) is 3.37. The molecule has 1 aliphatic carbocycles. The number of phenolic OH excluding ortho intramolecular Hbond substituents is 1. The third kappa shape index (κ3) is 5.78. The van der Waals surface area contributed by atoms with Crippen molar-refractivity contribution in [3.8, 4) is 23.0 Å². The van der Waals surface area contributed by atoms with E-state index in [1.54, 1.807) is 31.2 Å². The molecule has 5 rings (SSSR count). The standard InChI is InChI=1S/C34H34ClNO9S/c1-17-12-23(38)28(32(41)34(17)33(42)29-25(43-2)15-26(44-3)30(35)31(29)45-34)22(18-8-10-21(46-4)11-9-18)14-27(40)36-16-24(39)19-6-5-7-20(37)13-19/h5-11,13,15,17,22,24,37,39,41H,12,14,16H2,1-4H3,(H,36,40)/t17-,22?,24?,34+/m1/s1. The number of aliphatic hydroxyl groups excluding tert-OH is 2. The van der Waals surface area contributed by atoms with E-state index in [1.165, 1.54) is 44.2 Å². The van der Waals surface area contributed by atoms with Gasteiger partial charge < -0.3 is 34.8 Å². The average molecular weight is 668 g/mol. The van der Waals surface area contributed by atoms with Crippen LogP contribution >= 0.6 is 23.4 Å². The predicted molar refractivity (Wildman–Crippen MR) is 172 cm³/mol. The Morgan fingerprint density at radius 2 is 1.78 bits per heavy atom. The number of allylic oxidation sites excluding steroid dienone is 1. The van der Waals surface area contributed by atoms with E-state index in [9.17, 15) is 29.7 Å². The number of halogens is 1. The summed E-state index contributed by atoms with van der Waals surface area (Å²) in [5, 5.41) is 35.1. The number of ketones is 2. The predicted octanol–water partition coefficient (Wildman–Crippen LogP) is 5.54. The number of aromatic hydroxyl groups is 1. The molecule has 0 radical (unpaired) electrons. The van der Waals surface area contributed by atoms with Crippen LogP contribution in [0.3, 0.4) is 0 Å². The van der Waals surface area contributed by atoms with Crippen LogP contribution in [0.5, 0.6) is 23.0 Å². The number of fused-ring (bicyclic) bond motifs is 1. The summed E-state index contributed by atoms with van der Waals surface area (Å²) in [5.74, 6) is -3.70. The first-order valence-electron chi connectivity index (χ1n) is 14.5. The summed E-state index contributed by atoms with van der Waals surface area (Å²) in [6.07, 6.45) is 0.355. The topological polar surface area (TPSA) is 152 Å². The van der Waals surface area contributed by atoms with Crippen LogP contribution in [-0.2, 0) is 9.59 Å². The number of amides is 1. The molecule has 3 aromatic rings. The van der Waals surface area contributed by atoms with Crippen LogP contribution in [0.25, 0.3) is 0 Å². The second kappa shape index (κ2) is 13.3. The Bertz CT molecular complexity index is 1720. The molecule has 2 unspecified atom stereocenters. The minimum Gasteiger partial charge on any atom is -0.508 e. The van der Waals surface area contributed by atoms with Gasteiger partial charge in [-0.3, -0.25) is 14.4 Å². The molecule has 46 heavy (non-hydrogen) atoms. The van der Waals surface area contributed by atoms with E-state index in [0.29, 0.717) is 11.1 Å². The molecule has 10 nitrogen and oxygen atoms in total. The van der Waals surface area contributed by atoms with E-state index >= 15 is 0 Å². The zero-order valence-electron chi connectivity index (χ0n) is 25.6. The third-order valence-electron chi connectivity index (χ3n) is 8.52. The minimum atomic E-state index is -2.01. The number of aliphatic hydroxyl groups is 2. The van der Waals surface area contributed by atoms with Gasteiger partial charge in [0.15, 0.2) is 17.3 Å². The Hall–Kier alpha value is -4.19. The molecule has 242 valence electrons. The maximum atomic E-state index is 14.2. The highest BCUT2D eigenvalue weighted by atomic mass is 35.5. The fourth-order valence-electron chi connectivity index (χ4n) is 6.08. The number of nitrogens with one attached hydrogen (secondary N) is 1. The Labute approximate surface area is 275 Å². The number of hydrogen-bond donors (Lipinski definition) is 4. The van der Waals surface area contributed by atoms with Crippen LogP contribution in [0.2, 0.25) is 5.02 Å². The smallest absolute Gasteiger partial charge is 0.231 e. The summed E-state index contributed by atoms with van der Waals surface area (Å²) in [7, 11) is 2.78. The highest BCUT2D eigenvalue weighted by Gasteiger charge is 2.61. The van der Waals surface area contributed by atoms with Crippen molar-refractivity contribution >= 4 is 40.8 Å². The number of methoxy groups -OCH3 is 2. The number of carbonyl (C=O) groups excluding carboxylic acids is 3. The first-order chi connectivity index (χ1) is 22.0. The Balaban J connectivity index is 1.56. The Kier molecular flexibility index (Phi) is 9.57. The van der Waals surface area contributed by atoms with E-state index in [-0.39, 0.29) is 58.5 Å². The van der Waals surface area contributed by atoms with Gasteiger partial charge in [0.25, 0.3) is 0 Å². The number of ether oxygens (including phenoxy) is 3. The molecule has 3 aromatic carbocycles. The largest absolute Gasteiger partial charge is 0.508 e. The molecule has 4 atom stereocenters. The fourth-order valence-corrected chi connectivity index (χ4v) is 6.75. The van der Waals surface area contributed by atoms with Gasteiger partial charge in [-0.1, -0.05) is 42.8 Å². The van der Waals surface area contributed by atoms with Gasteiger partial charge in [-0.2, -0.15) is 0 Å². The summed E-state index contributed by atoms with van der Waals surface area (Å²) in [6.45, 7) is 1.46. The molecule has 1 spiro atoms. The third-order valence-corrected chi connectivity index (χ3v) is 9.62. The van der Waals surface area contributed by atoms with Crippen LogP contribution in [0.15, 0.2) is 70.8 Å². The van der Waals surface area contributed by atoms with E-state index in [2.05, 4.69) is 5.32 Å². The summed E-state index contributed by atoms with van der Waals surface area (Å²) in [4.78, 5) is 42.3. The van der Waals surface area contributed by atoms with Gasteiger partial charge in [0, 0.05) is 47.8 Å². The van der Waals surface area contributed by atoms with Gasteiger partial charge in [-0.15, -0.1) is 11.8 Å². The molecule has 12 heteroatoms. The van der Waals surface area contributed by atoms with Crippen LogP contribution in [0.1, 0.15) is 53.3 Å². The van der Waals surface area contributed by atoms with Gasteiger partial charge in [-0.05, 0) is 41.6 Å². The molecule has 0 saturated carbocycles. The van der Waals surface area contributed by atoms with Crippen LogP contribution in [0, 0.1) is 5.92 Å². The number of thioether (sulfide) groups is 1. The highest BCUT2D eigenvalue weighted by Crippen LogP contribution is 2.55. The van der Waals surface area contributed by atoms with Gasteiger partial charge >= 0.3 is 0 Å². The monoisotopic (exact) mass is 667 g/mol. The normalized spacial score (nSPS) is 20.3. The van der Waals surface area contributed by atoms with Crippen molar-refractivity contribution in [1.29, 1.82) is 0 Å². The molecule has 1 aliphatic heterocycles. The fraction of sp³-hybridized carbons (Fsp3) is 0.324. The summed E-state index contributed by atoms with van der Waals surface area (Å²) in [6, 6.07) is 14.7. The zero-order chi connectivity index (χ0) is 33.3. The zero-order valence-corrected chi connectivity index (χ0v) is 27.2. The van der Waals surface area contributed by atoms with Gasteiger partial charge in [0.2, 0.25) is 17.3 Å². The molecule has 0 bridgehead atoms. The SMILES string of the molecule is COc1cc(OC)c2c(c1Cl)O[C@]1(C2=O)C(O)=C(C(CC(=O)NCC(O)c2cccc(O)c2)c2ccc(SC)cc2)C(=O)C[C@H]1C. The van der Waals surface area contributed by atoms with Crippen molar-refractivity contribution in [2.24, 2.45) is 5.92 Å². The van der Waals surface area contributed by atoms with Gasteiger partial charge in [-0.25, -0.2) is 0 Å². The van der Waals surface area contributed by atoms with Crippen LogP contribution < -0.4 is 19.5 Å². The van der Waals surface area contributed by atoms with E-state index in [1.807, 2.05) is 18.4 Å². The molecule has 2 aliphatic rings. The van der Waals surface area contributed by atoms with Gasteiger partial charge in [0.05, 0.1) is 20.3 Å². The van der Waals surface area contributed by atoms with Crippen molar-refractivity contribution < 1.29 is 43.9 Å². The van der Waals surface area contributed by atoms with Gasteiger partial charge in [0.1, 0.15) is 27.8 Å². The molecule has 1 amide bonds. The maximum absolute atomic E-state index is 14.2. The van der Waals surface area contributed by atoms with Crippen molar-refractivity contribution in [2.75, 3.05) is 27.0 Å². The van der Waals surface area contributed by atoms with E-state index in [4.69, 9.17) is 25.8 Å². The molecule has 0 fully saturated rings. The second-order valence-electron chi connectivity index (χ2n) is 11.2. The molecular formula is C34H34ClNO9S. The number of carbonyl (C=O) groups is 3. The highest BCUT2D eigenvalue weighted by molar-refractivity contribution is 7.98. The van der Waals surface area contributed by atoms with E-state index in [0.717, 1.165) is 4.90 Å². The first-order valence-corrected chi connectivity index (χ1v) is 16.1. The Morgan fingerprint density at radius 1 is 1.09 bits per heavy atom. The molecule has 0 saturated heterocycles.